The van der Waals surface area contributed by atoms with Crippen molar-refractivity contribution >= 4 is 23.2 Å². The van der Waals surface area contributed by atoms with Crippen molar-refractivity contribution < 1.29 is 22.8 Å². The van der Waals surface area contributed by atoms with Crippen LogP contribution in [0.2, 0.25) is 0 Å². The maximum absolute atomic E-state index is 13.5. The number of rotatable bonds is 2. The Morgan fingerprint density at radius 2 is 1.79 bits per heavy atom. The van der Waals surface area contributed by atoms with E-state index in [1.54, 1.807) is 23.2 Å². The molecule has 2 aliphatic rings. The number of halogens is 3. The molecule has 1 fully saturated rings. The summed E-state index contributed by atoms with van der Waals surface area (Å²) in [7, 11) is 0. The summed E-state index contributed by atoms with van der Waals surface area (Å²) in [4.78, 5) is 32.9. The molecule has 0 radical (unpaired) electrons. The fourth-order valence-electron chi connectivity index (χ4n) is 4.12. The van der Waals surface area contributed by atoms with E-state index in [4.69, 9.17) is 0 Å². The Balaban J connectivity index is 1.71. The smallest absolute Gasteiger partial charge is 0.339 e. The monoisotopic (exact) mass is 401 g/mol. The van der Waals surface area contributed by atoms with Gasteiger partial charge in [0.2, 0.25) is 11.8 Å². The molecule has 1 aromatic heterocycles. The minimum Gasteiger partial charge on any atom is -0.339 e. The van der Waals surface area contributed by atoms with E-state index in [-0.39, 0.29) is 11.8 Å². The van der Waals surface area contributed by atoms with Crippen LogP contribution in [0.3, 0.4) is 0 Å². The van der Waals surface area contributed by atoms with Crippen LogP contribution >= 0.6 is 0 Å². The lowest BCUT2D eigenvalue weighted by molar-refractivity contribution is -0.137. The number of pyridine rings is 1. The van der Waals surface area contributed by atoms with Gasteiger partial charge in [0.25, 0.3) is 0 Å². The topological polar surface area (TPSA) is 53.5 Å². The molecule has 0 atom stereocenters. The second-order valence-electron chi connectivity index (χ2n) is 7.17. The summed E-state index contributed by atoms with van der Waals surface area (Å²) in [5.74, 6) is -0.414. The minimum atomic E-state index is -4.45. The third-order valence-electron chi connectivity index (χ3n) is 5.65. The number of amides is 2. The lowest BCUT2D eigenvalue weighted by Gasteiger charge is -2.37. The Bertz CT molecular complexity index is 977. The van der Waals surface area contributed by atoms with Gasteiger partial charge in [0, 0.05) is 25.0 Å². The molecule has 2 amide bonds. The first-order chi connectivity index (χ1) is 13.8. The van der Waals surface area contributed by atoms with Crippen molar-refractivity contribution in [1.29, 1.82) is 0 Å². The molecule has 8 heteroatoms. The number of nitrogens with zero attached hydrogens (tertiary/aromatic N) is 3. The summed E-state index contributed by atoms with van der Waals surface area (Å²) >= 11 is 0. The van der Waals surface area contributed by atoms with Crippen molar-refractivity contribution in [3.05, 3.63) is 66.5 Å². The van der Waals surface area contributed by atoms with Crippen LogP contribution in [0.1, 0.15) is 24.1 Å². The summed E-state index contributed by atoms with van der Waals surface area (Å²) in [6.45, 7) is 4.26. The van der Waals surface area contributed by atoms with Crippen LogP contribution < -0.4 is 4.90 Å². The average molecular weight is 401 g/mol. The van der Waals surface area contributed by atoms with Gasteiger partial charge < -0.3 is 4.90 Å². The van der Waals surface area contributed by atoms with Crippen molar-refractivity contribution in [2.45, 2.75) is 24.4 Å². The molecule has 150 valence electrons. The third kappa shape index (κ3) is 2.99. The highest BCUT2D eigenvalue weighted by Crippen LogP contribution is 2.49. The molecular formula is C21H18F3N3O2. The fraction of sp³-hybridized carbons (Fsp3) is 0.286. The normalized spacial score (nSPS) is 18.1. The molecule has 5 nitrogen and oxygen atoms in total. The first kappa shape index (κ1) is 19.2. The summed E-state index contributed by atoms with van der Waals surface area (Å²) in [6, 6.07) is 7.97. The van der Waals surface area contributed by atoms with Gasteiger partial charge in [-0.3, -0.25) is 19.5 Å². The SMILES string of the molecule is C=CC(=O)N1CCC2(CC1)C(=O)N(c1ccc(C(F)(F)F)cc1)c1cccnc12. The molecule has 29 heavy (non-hydrogen) atoms. The predicted octanol–water partition coefficient (Wildman–Crippen LogP) is 3.82. The zero-order valence-corrected chi connectivity index (χ0v) is 15.4. The molecular weight excluding hydrogens is 383 g/mol. The van der Waals surface area contributed by atoms with Gasteiger partial charge in [-0.05, 0) is 55.3 Å². The van der Waals surface area contributed by atoms with Gasteiger partial charge in [-0.25, -0.2) is 0 Å². The minimum absolute atomic E-state index is 0.189. The predicted molar refractivity (Wildman–Crippen MR) is 101 cm³/mol. The summed E-state index contributed by atoms with van der Waals surface area (Å²) in [6.07, 6.45) is -0.807. The van der Waals surface area contributed by atoms with Gasteiger partial charge >= 0.3 is 6.18 Å². The average Bonchev–Trinajstić information content (AvgIpc) is 2.96. The maximum atomic E-state index is 13.5. The highest BCUT2D eigenvalue weighted by atomic mass is 19.4. The first-order valence-corrected chi connectivity index (χ1v) is 9.16. The molecule has 0 aliphatic carbocycles. The molecule has 1 spiro atoms. The highest BCUT2D eigenvalue weighted by Gasteiger charge is 2.54. The second-order valence-corrected chi connectivity index (χ2v) is 7.17. The van der Waals surface area contributed by atoms with Crippen LogP contribution in [0.15, 0.2) is 55.3 Å². The molecule has 2 aliphatic heterocycles. The highest BCUT2D eigenvalue weighted by molar-refractivity contribution is 6.12. The number of benzene rings is 1. The number of hydrogen-bond donors (Lipinski definition) is 0. The Kier molecular flexibility index (Phi) is 4.44. The molecule has 1 aromatic carbocycles. The number of aromatic nitrogens is 1. The van der Waals surface area contributed by atoms with Crippen molar-refractivity contribution in [2.75, 3.05) is 18.0 Å². The van der Waals surface area contributed by atoms with Crippen molar-refractivity contribution in [2.24, 2.45) is 0 Å². The number of carbonyl (C=O) groups excluding carboxylic acids is 2. The van der Waals surface area contributed by atoms with E-state index in [0.717, 1.165) is 12.1 Å². The number of alkyl halides is 3. The van der Waals surface area contributed by atoms with Crippen LogP contribution in [0.5, 0.6) is 0 Å². The van der Waals surface area contributed by atoms with Gasteiger partial charge in [-0.1, -0.05) is 6.58 Å². The number of hydrogen-bond acceptors (Lipinski definition) is 3. The van der Waals surface area contributed by atoms with Gasteiger partial charge in [0.1, 0.15) is 0 Å². The lowest BCUT2D eigenvalue weighted by atomic mass is 9.76. The van der Waals surface area contributed by atoms with Crippen molar-refractivity contribution in [1.82, 2.24) is 9.88 Å². The number of likely N-dealkylation sites (tertiary alicyclic amines) is 1. The number of piperidine rings is 1. The van der Waals surface area contributed by atoms with Crippen LogP contribution in [0.25, 0.3) is 0 Å². The second kappa shape index (κ2) is 6.72. The third-order valence-corrected chi connectivity index (χ3v) is 5.65. The number of fused-ring (bicyclic) bond motifs is 2. The van der Waals surface area contributed by atoms with Gasteiger partial charge in [0.15, 0.2) is 0 Å². The molecule has 0 N–H and O–H groups in total. The van der Waals surface area contributed by atoms with E-state index in [2.05, 4.69) is 11.6 Å². The van der Waals surface area contributed by atoms with E-state index in [1.165, 1.54) is 23.1 Å². The zero-order chi connectivity index (χ0) is 20.8. The van der Waals surface area contributed by atoms with Crippen LogP contribution in [-0.2, 0) is 21.2 Å². The summed E-state index contributed by atoms with van der Waals surface area (Å²) in [5.41, 5.74) is -0.127. The van der Waals surface area contributed by atoms with Crippen LogP contribution in [0.4, 0.5) is 24.5 Å². The van der Waals surface area contributed by atoms with E-state index in [0.29, 0.717) is 43.0 Å². The van der Waals surface area contributed by atoms with Gasteiger partial charge in [0.05, 0.1) is 22.4 Å². The number of anilines is 2. The molecule has 0 bridgehead atoms. The van der Waals surface area contributed by atoms with Crippen molar-refractivity contribution in [3.8, 4) is 0 Å². The Labute approximate surface area is 165 Å². The maximum Gasteiger partial charge on any atom is 0.416 e. The zero-order valence-electron chi connectivity index (χ0n) is 15.4. The Morgan fingerprint density at radius 3 is 2.38 bits per heavy atom. The summed E-state index contributed by atoms with van der Waals surface area (Å²) in [5, 5.41) is 0. The first-order valence-electron chi connectivity index (χ1n) is 9.16. The molecule has 2 aromatic rings. The van der Waals surface area contributed by atoms with Crippen LogP contribution in [0, 0.1) is 0 Å². The van der Waals surface area contributed by atoms with Crippen LogP contribution in [-0.4, -0.2) is 34.8 Å². The molecule has 4 rings (SSSR count). The van der Waals surface area contributed by atoms with E-state index >= 15 is 0 Å². The standard InChI is InChI=1S/C21H18F3N3O2/c1-2-17(28)26-12-9-20(10-13-26)18-16(4-3-11-25-18)27(19(20)29)15-7-5-14(6-8-15)21(22,23)24/h2-8,11H,1,9-10,12-13H2. The van der Waals surface area contributed by atoms with E-state index in [9.17, 15) is 22.8 Å². The van der Waals surface area contributed by atoms with E-state index in [1.807, 2.05) is 0 Å². The Morgan fingerprint density at radius 1 is 1.14 bits per heavy atom. The number of carbonyl (C=O) groups is 2. The molecule has 0 unspecified atom stereocenters. The summed E-state index contributed by atoms with van der Waals surface area (Å²) < 4.78 is 38.7. The largest absolute Gasteiger partial charge is 0.416 e. The fourth-order valence-corrected chi connectivity index (χ4v) is 4.12. The van der Waals surface area contributed by atoms with Gasteiger partial charge in [-0.15, -0.1) is 0 Å². The van der Waals surface area contributed by atoms with Crippen molar-refractivity contribution in [3.63, 3.8) is 0 Å². The molecule has 3 heterocycles. The Hall–Kier alpha value is -3.16. The lowest BCUT2D eigenvalue weighted by Crippen LogP contribution is -2.49. The molecule has 1 saturated heterocycles. The van der Waals surface area contributed by atoms with Gasteiger partial charge in [-0.2, -0.15) is 13.2 Å². The van der Waals surface area contributed by atoms with E-state index < -0.39 is 17.2 Å². The molecule has 0 saturated carbocycles. The quantitative estimate of drug-likeness (QED) is 0.719.